The highest BCUT2D eigenvalue weighted by Crippen LogP contribution is 2.57. The van der Waals surface area contributed by atoms with Gasteiger partial charge in [0.15, 0.2) is 0 Å². The fourth-order valence-corrected chi connectivity index (χ4v) is 5.69. The lowest BCUT2D eigenvalue weighted by Crippen LogP contribution is -2.56. The number of hydrogen-bond donors (Lipinski definition) is 3. The number of rotatable bonds is 3. The number of aromatic carboxylic acids is 1. The number of carboxylic acid groups (broad SMARTS) is 1. The fourth-order valence-electron chi connectivity index (χ4n) is 5.69. The van der Waals surface area contributed by atoms with E-state index in [4.69, 9.17) is 5.73 Å². The highest BCUT2D eigenvalue weighted by molar-refractivity contribution is 5.94. The summed E-state index contributed by atoms with van der Waals surface area (Å²) in [5.74, 6) is -1.61. The minimum Gasteiger partial charge on any atom is -0.477 e. The molecule has 1 saturated heterocycles. The van der Waals surface area contributed by atoms with Crippen LogP contribution in [0, 0.1) is 18.2 Å². The standard InChI is InChI=1S/C22H26FN3O3.ClH/c1-11-18(16-4-5-22(16)7-12(24)8-25-10-22)17(23)6-14-19(11)26(13-2-3-13)9-15(20(14)27)21(28)29;/h6,9,12-13,16,25H,2-5,7-8,10,24H2,1H3,(H,28,29);1H. The lowest BCUT2D eigenvalue weighted by molar-refractivity contribution is 0.0455. The van der Waals surface area contributed by atoms with Gasteiger partial charge in [-0.05, 0) is 67.6 Å². The van der Waals surface area contributed by atoms with E-state index in [1.165, 1.54) is 12.3 Å². The SMILES string of the molecule is Cc1c(C2CCC23CNCC(N)C3)c(F)cc2c(=O)c(C(=O)O)cn(C3CC3)c12.Cl. The molecule has 3 aliphatic rings. The zero-order valence-electron chi connectivity index (χ0n) is 16.9. The Morgan fingerprint density at radius 1 is 1.37 bits per heavy atom. The largest absolute Gasteiger partial charge is 0.477 e. The molecule has 30 heavy (non-hydrogen) atoms. The van der Waals surface area contributed by atoms with Crippen LogP contribution < -0.4 is 16.5 Å². The van der Waals surface area contributed by atoms with Crippen LogP contribution in [0.15, 0.2) is 17.1 Å². The highest BCUT2D eigenvalue weighted by Gasteiger charge is 2.50. The summed E-state index contributed by atoms with van der Waals surface area (Å²) in [6.45, 7) is 3.49. The maximum absolute atomic E-state index is 15.4. The normalized spacial score (nSPS) is 28.2. The molecule has 1 aromatic carbocycles. The zero-order chi connectivity index (χ0) is 20.5. The molecule has 0 radical (unpaired) electrons. The number of halogens is 2. The molecule has 2 aliphatic carbocycles. The Balaban J connectivity index is 0.00000218. The van der Waals surface area contributed by atoms with Crippen LogP contribution in [0.5, 0.6) is 0 Å². The van der Waals surface area contributed by atoms with E-state index in [1.807, 2.05) is 11.5 Å². The smallest absolute Gasteiger partial charge is 0.341 e. The number of carboxylic acids is 1. The van der Waals surface area contributed by atoms with Gasteiger partial charge >= 0.3 is 5.97 Å². The first-order valence-electron chi connectivity index (χ1n) is 10.4. The van der Waals surface area contributed by atoms with Gasteiger partial charge in [-0.25, -0.2) is 9.18 Å². The molecule has 8 heteroatoms. The van der Waals surface area contributed by atoms with E-state index in [1.54, 1.807) is 0 Å². The van der Waals surface area contributed by atoms with Crippen molar-refractivity contribution in [1.82, 2.24) is 9.88 Å². The first kappa shape index (κ1) is 21.3. The summed E-state index contributed by atoms with van der Waals surface area (Å²) in [5, 5.41) is 13.0. The van der Waals surface area contributed by atoms with Crippen LogP contribution in [-0.4, -0.2) is 34.8 Å². The van der Waals surface area contributed by atoms with Crippen molar-refractivity contribution in [2.24, 2.45) is 11.1 Å². The van der Waals surface area contributed by atoms with E-state index in [-0.39, 0.29) is 46.8 Å². The van der Waals surface area contributed by atoms with Gasteiger partial charge < -0.3 is 20.7 Å². The lowest BCUT2D eigenvalue weighted by atomic mass is 9.53. The molecule has 162 valence electrons. The van der Waals surface area contributed by atoms with Crippen molar-refractivity contribution in [2.45, 2.75) is 57.0 Å². The maximum atomic E-state index is 15.4. The lowest BCUT2D eigenvalue weighted by Gasteiger charge is -2.54. The van der Waals surface area contributed by atoms with Gasteiger partial charge in [-0.2, -0.15) is 0 Å². The summed E-state index contributed by atoms with van der Waals surface area (Å²) in [4.78, 5) is 24.4. The van der Waals surface area contributed by atoms with Crippen LogP contribution in [0.3, 0.4) is 0 Å². The Hall–Kier alpha value is -1.96. The summed E-state index contributed by atoms with van der Waals surface area (Å²) < 4.78 is 17.3. The molecule has 0 amide bonds. The molecule has 4 N–H and O–H groups in total. The Labute approximate surface area is 180 Å². The van der Waals surface area contributed by atoms with Crippen LogP contribution in [-0.2, 0) is 0 Å². The van der Waals surface area contributed by atoms with Crippen LogP contribution in [0.1, 0.15) is 65.5 Å². The minimum atomic E-state index is -1.27. The van der Waals surface area contributed by atoms with E-state index in [0.717, 1.165) is 50.8 Å². The number of pyridine rings is 1. The number of aryl methyl sites for hydroxylation is 1. The molecule has 1 aromatic heterocycles. The molecule has 3 unspecified atom stereocenters. The first-order valence-corrected chi connectivity index (χ1v) is 10.4. The third-order valence-electron chi connectivity index (χ3n) is 7.30. The van der Waals surface area contributed by atoms with Crippen molar-refractivity contribution < 1.29 is 14.3 Å². The van der Waals surface area contributed by atoms with Crippen LogP contribution in [0.2, 0.25) is 0 Å². The van der Waals surface area contributed by atoms with E-state index in [2.05, 4.69) is 5.32 Å². The predicted molar refractivity (Wildman–Crippen MR) is 115 cm³/mol. The molecule has 2 heterocycles. The summed E-state index contributed by atoms with van der Waals surface area (Å²) in [6.07, 6.45) is 6.12. The third-order valence-corrected chi connectivity index (χ3v) is 7.30. The minimum absolute atomic E-state index is 0. The van der Waals surface area contributed by atoms with Crippen LogP contribution in [0.4, 0.5) is 4.39 Å². The monoisotopic (exact) mass is 435 g/mol. The summed E-state index contributed by atoms with van der Waals surface area (Å²) in [7, 11) is 0. The second kappa shape index (κ2) is 7.32. The Morgan fingerprint density at radius 3 is 2.67 bits per heavy atom. The molecule has 2 aromatic rings. The topological polar surface area (TPSA) is 97.3 Å². The molecule has 2 saturated carbocycles. The summed E-state index contributed by atoms with van der Waals surface area (Å²) >= 11 is 0. The quantitative estimate of drug-likeness (QED) is 0.688. The van der Waals surface area contributed by atoms with E-state index in [0.29, 0.717) is 11.1 Å². The fraction of sp³-hybridized carbons (Fsp3) is 0.545. The first-order chi connectivity index (χ1) is 13.8. The molecule has 6 nitrogen and oxygen atoms in total. The second-order valence-corrected chi connectivity index (χ2v) is 9.16. The van der Waals surface area contributed by atoms with Gasteiger partial charge in [0, 0.05) is 36.8 Å². The van der Waals surface area contributed by atoms with E-state index in [9.17, 15) is 14.7 Å². The number of nitrogens with two attached hydrogens (primary N) is 1. The average molecular weight is 436 g/mol. The van der Waals surface area contributed by atoms with E-state index < -0.39 is 17.2 Å². The van der Waals surface area contributed by atoms with Crippen molar-refractivity contribution in [3.8, 4) is 0 Å². The van der Waals surface area contributed by atoms with Gasteiger partial charge in [-0.15, -0.1) is 12.4 Å². The number of hydrogen-bond acceptors (Lipinski definition) is 4. The zero-order valence-corrected chi connectivity index (χ0v) is 17.7. The number of aromatic nitrogens is 1. The summed E-state index contributed by atoms with van der Waals surface area (Å²) in [5.41, 5.74) is 7.40. The van der Waals surface area contributed by atoms with Gasteiger partial charge in [0.1, 0.15) is 11.4 Å². The van der Waals surface area contributed by atoms with Crippen molar-refractivity contribution in [1.29, 1.82) is 0 Å². The molecule has 3 atom stereocenters. The van der Waals surface area contributed by atoms with E-state index >= 15 is 4.39 Å². The Bertz CT molecular complexity index is 1100. The van der Waals surface area contributed by atoms with Gasteiger partial charge in [-0.3, -0.25) is 4.79 Å². The molecule has 3 fully saturated rings. The van der Waals surface area contributed by atoms with Gasteiger partial charge in [-0.1, -0.05) is 0 Å². The Kier molecular flexibility index (Phi) is 5.19. The Morgan fingerprint density at radius 2 is 2.10 bits per heavy atom. The van der Waals surface area contributed by atoms with Gasteiger partial charge in [0.2, 0.25) is 5.43 Å². The number of piperidine rings is 1. The average Bonchev–Trinajstić information content (AvgIpc) is 3.49. The van der Waals surface area contributed by atoms with Crippen LogP contribution in [0.25, 0.3) is 10.9 Å². The number of nitrogens with zero attached hydrogens (tertiary/aromatic N) is 1. The van der Waals surface area contributed by atoms with Gasteiger partial charge in [0.05, 0.1) is 5.52 Å². The maximum Gasteiger partial charge on any atom is 0.341 e. The third kappa shape index (κ3) is 3.06. The molecule has 0 bridgehead atoms. The van der Waals surface area contributed by atoms with Crippen molar-refractivity contribution in [3.05, 3.63) is 45.0 Å². The summed E-state index contributed by atoms with van der Waals surface area (Å²) in [6, 6.07) is 1.51. The molecule has 1 aliphatic heterocycles. The van der Waals surface area contributed by atoms with Crippen LogP contribution >= 0.6 is 12.4 Å². The van der Waals surface area contributed by atoms with Gasteiger partial charge in [0.25, 0.3) is 0 Å². The molecular weight excluding hydrogens is 409 g/mol. The predicted octanol–water partition coefficient (Wildman–Crippen LogP) is 3.09. The van der Waals surface area contributed by atoms with Crippen molar-refractivity contribution in [3.63, 3.8) is 0 Å². The molecular formula is C22H27ClFN3O3. The molecule has 1 spiro atoms. The number of fused-ring (bicyclic) bond motifs is 1. The molecule has 5 rings (SSSR count). The van der Waals surface area contributed by atoms with Crippen molar-refractivity contribution >= 4 is 29.3 Å². The van der Waals surface area contributed by atoms with Crippen molar-refractivity contribution in [2.75, 3.05) is 13.1 Å². The number of carbonyl (C=O) groups is 1. The number of nitrogens with one attached hydrogen (secondary N) is 1. The number of benzene rings is 1. The second-order valence-electron chi connectivity index (χ2n) is 9.16. The highest BCUT2D eigenvalue weighted by atomic mass is 35.5.